The van der Waals surface area contributed by atoms with Crippen LogP contribution >= 0.6 is 23.2 Å². The van der Waals surface area contributed by atoms with Crippen LogP contribution < -0.4 is 5.32 Å². The number of halogens is 3. The van der Waals surface area contributed by atoms with Crippen LogP contribution in [0.2, 0.25) is 10.0 Å². The summed E-state index contributed by atoms with van der Waals surface area (Å²) >= 11 is 12.8. The van der Waals surface area contributed by atoms with Crippen LogP contribution in [0.15, 0.2) is 36.4 Å². The van der Waals surface area contributed by atoms with Gasteiger partial charge in [0, 0.05) is 36.5 Å². The normalized spacial score (nSPS) is 27.6. The van der Waals surface area contributed by atoms with Crippen LogP contribution in [0.5, 0.6) is 0 Å². The van der Waals surface area contributed by atoms with Gasteiger partial charge in [0.15, 0.2) is 0 Å². The molecule has 1 fully saturated rings. The third-order valence-corrected chi connectivity index (χ3v) is 7.34. The van der Waals surface area contributed by atoms with E-state index in [1.165, 1.54) is 23.3 Å². The summed E-state index contributed by atoms with van der Waals surface area (Å²) < 4.78 is 13.4. The number of piperazine rings is 1. The largest absolute Gasteiger partial charge is 0.310 e. The molecule has 2 aromatic rings. The highest BCUT2D eigenvalue weighted by Gasteiger charge is 2.46. The van der Waals surface area contributed by atoms with Gasteiger partial charge in [-0.05, 0) is 68.3 Å². The molecule has 0 bridgehead atoms. The zero-order chi connectivity index (χ0) is 19.3. The van der Waals surface area contributed by atoms with Crippen molar-refractivity contribution in [3.05, 3.63) is 69.0 Å². The number of nitrogens with one attached hydrogen (secondary N) is 1. The quantitative estimate of drug-likeness (QED) is 0.714. The molecule has 0 spiro atoms. The van der Waals surface area contributed by atoms with E-state index >= 15 is 0 Å². The van der Waals surface area contributed by atoms with E-state index in [2.05, 4.69) is 31.1 Å². The smallest absolute Gasteiger partial charge is 0.123 e. The molecule has 4 rings (SSSR count). The van der Waals surface area contributed by atoms with Crippen molar-refractivity contribution in [2.45, 2.75) is 43.7 Å². The van der Waals surface area contributed by atoms with Crippen LogP contribution in [0, 0.1) is 5.82 Å². The number of hydrogen-bond donors (Lipinski definition) is 1. The Morgan fingerprint density at radius 2 is 1.70 bits per heavy atom. The standard InChI is InChI=1S/C22H25Cl2FN2/c1-22(2)21(26-8-9-27(22)3)18-10-15(13-4-6-14(25)7-5-13)16-11-19(23)20(24)12-17(16)18/h4-7,11-12,15,18,21,26H,8-10H2,1-3H3. The third-order valence-electron chi connectivity index (χ3n) is 6.62. The number of fused-ring (bicyclic) bond motifs is 1. The lowest BCUT2D eigenvalue weighted by Gasteiger charge is -2.49. The summed E-state index contributed by atoms with van der Waals surface area (Å²) in [5, 5.41) is 4.94. The lowest BCUT2D eigenvalue weighted by Crippen LogP contribution is -2.64. The average molecular weight is 407 g/mol. The topological polar surface area (TPSA) is 15.3 Å². The van der Waals surface area contributed by atoms with Gasteiger partial charge in [-0.3, -0.25) is 4.90 Å². The Balaban J connectivity index is 1.79. The van der Waals surface area contributed by atoms with Crippen LogP contribution in [0.1, 0.15) is 48.8 Å². The van der Waals surface area contributed by atoms with E-state index in [1.807, 2.05) is 24.3 Å². The molecule has 2 aromatic carbocycles. The fourth-order valence-electron chi connectivity index (χ4n) is 4.83. The zero-order valence-electron chi connectivity index (χ0n) is 15.9. The molecule has 1 saturated heterocycles. The first-order chi connectivity index (χ1) is 12.8. The Hall–Kier alpha value is -1.13. The number of rotatable bonds is 2. The first-order valence-electron chi connectivity index (χ1n) is 9.48. The van der Waals surface area contributed by atoms with Crippen LogP contribution in [0.3, 0.4) is 0 Å². The van der Waals surface area contributed by atoms with Gasteiger partial charge in [-0.2, -0.15) is 0 Å². The molecule has 2 aliphatic rings. The van der Waals surface area contributed by atoms with Crippen molar-refractivity contribution in [1.29, 1.82) is 0 Å². The predicted octanol–water partition coefficient (Wildman–Crippen LogP) is 5.43. The fraction of sp³-hybridized carbons (Fsp3) is 0.455. The SMILES string of the molecule is CN1CCNC(C2CC(c3ccc(F)cc3)c3cc(Cl)c(Cl)cc32)C1(C)C. The summed E-state index contributed by atoms with van der Waals surface area (Å²) in [6.07, 6.45) is 0.965. The van der Waals surface area contributed by atoms with Gasteiger partial charge >= 0.3 is 0 Å². The van der Waals surface area contributed by atoms with Gasteiger partial charge in [0.2, 0.25) is 0 Å². The number of hydrogen-bond acceptors (Lipinski definition) is 2. The van der Waals surface area contributed by atoms with Crippen molar-refractivity contribution in [1.82, 2.24) is 10.2 Å². The highest BCUT2D eigenvalue weighted by Crippen LogP contribution is 2.51. The zero-order valence-corrected chi connectivity index (χ0v) is 17.4. The maximum atomic E-state index is 13.4. The summed E-state index contributed by atoms with van der Waals surface area (Å²) in [5.74, 6) is 0.312. The molecular formula is C22H25Cl2FN2. The van der Waals surface area contributed by atoms with E-state index in [4.69, 9.17) is 23.2 Å². The molecule has 1 aliphatic heterocycles. The molecule has 5 heteroatoms. The Morgan fingerprint density at radius 1 is 1.07 bits per heavy atom. The van der Waals surface area contributed by atoms with Crippen LogP contribution in [0.4, 0.5) is 4.39 Å². The Morgan fingerprint density at radius 3 is 2.37 bits per heavy atom. The van der Waals surface area contributed by atoms with Gasteiger partial charge in [-0.15, -0.1) is 0 Å². The van der Waals surface area contributed by atoms with Crippen molar-refractivity contribution in [3.63, 3.8) is 0 Å². The van der Waals surface area contributed by atoms with E-state index in [0.717, 1.165) is 25.1 Å². The average Bonchev–Trinajstić information content (AvgIpc) is 2.96. The summed E-state index contributed by atoms with van der Waals surface area (Å²) in [5.41, 5.74) is 3.62. The minimum absolute atomic E-state index is 0.0178. The van der Waals surface area contributed by atoms with Crippen LogP contribution in [-0.4, -0.2) is 36.6 Å². The lowest BCUT2D eigenvalue weighted by atomic mass is 9.78. The highest BCUT2D eigenvalue weighted by atomic mass is 35.5. The predicted molar refractivity (Wildman–Crippen MR) is 111 cm³/mol. The minimum Gasteiger partial charge on any atom is -0.310 e. The highest BCUT2D eigenvalue weighted by molar-refractivity contribution is 6.42. The monoisotopic (exact) mass is 406 g/mol. The lowest BCUT2D eigenvalue weighted by molar-refractivity contribution is 0.0609. The molecule has 0 saturated carbocycles. The first-order valence-corrected chi connectivity index (χ1v) is 10.2. The van der Waals surface area contributed by atoms with Crippen LogP contribution in [-0.2, 0) is 0 Å². The van der Waals surface area contributed by atoms with E-state index in [1.54, 1.807) is 0 Å². The summed E-state index contributed by atoms with van der Waals surface area (Å²) in [6, 6.07) is 11.2. The minimum atomic E-state index is -0.209. The summed E-state index contributed by atoms with van der Waals surface area (Å²) in [7, 11) is 2.19. The van der Waals surface area contributed by atoms with Gasteiger partial charge in [0.25, 0.3) is 0 Å². The van der Waals surface area contributed by atoms with E-state index in [9.17, 15) is 4.39 Å². The maximum absolute atomic E-state index is 13.4. The van der Waals surface area contributed by atoms with Crippen molar-refractivity contribution in [2.75, 3.05) is 20.1 Å². The summed E-state index contributed by atoms with van der Waals surface area (Å²) in [4.78, 5) is 2.43. The Kier molecular flexibility index (Phi) is 5.00. The molecule has 3 atom stereocenters. The number of benzene rings is 2. The second-order valence-corrected chi connectivity index (χ2v) is 9.16. The van der Waals surface area contributed by atoms with Crippen molar-refractivity contribution >= 4 is 23.2 Å². The van der Waals surface area contributed by atoms with Gasteiger partial charge < -0.3 is 5.32 Å². The van der Waals surface area contributed by atoms with E-state index < -0.39 is 0 Å². The van der Waals surface area contributed by atoms with Crippen LogP contribution in [0.25, 0.3) is 0 Å². The van der Waals surface area contributed by atoms with Gasteiger partial charge in [0.1, 0.15) is 5.82 Å². The molecule has 0 amide bonds. The molecule has 0 aromatic heterocycles. The van der Waals surface area contributed by atoms with Crippen molar-refractivity contribution < 1.29 is 4.39 Å². The third kappa shape index (κ3) is 3.29. The van der Waals surface area contributed by atoms with Gasteiger partial charge in [0.05, 0.1) is 10.0 Å². The summed E-state index contributed by atoms with van der Waals surface area (Å²) in [6.45, 7) is 6.60. The number of likely N-dealkylation sites (N-methyl/N-ethyl adjacent to an activating group) is 1. The van der Waals surface area contributed by atoms with Crippen molar-refractivity contribution in [2.24, 2.45) is 0 Å². The van der Waals surface area contributed by atoms with E-state index in [-0.39, 0.29) is 17.3 Å². The first kappa shape index (κ1) is 19.2. The Bertz CT molecular complexity index is 850. The molecular weight excluding hydrogens is 382 g/mol. The molecule has 27 heavy (non-hydrogen) atoms. The molecule has 0 radical (unpaired) electrons. The molecule has 2 nitrogen and oxygen atoms in total. The maximum Gasteiger partial charge on any atom is 0.123 e. The molecule has 144 valence electrons. The van der Waals surface area contributed by atoms with E-state index in [0.29, 0.717) is 22.0 Å². The molecule has 3 unspecified atom stereocenters. The second-order valence-electron chi connectivity index (χ2n) is 8.35. The second kappa shape index (κ2) is 7.04. The Labute approximate surface area is 170 Å². The molecule has 1 aliphatic carbocycles. The van der Waals surface area contributed by atoms with Crippen molar-refractivity contribution in [3.8, 4) is 0 Å². The molecule has 1 N–H and O–H groups in total. The number of nitrogens with zero attached hydrogens (tertiary/aromatic N) is 1. The fourth-order valence-corrected chi connectivity index (χ4v) is 5.18. The van der Waals surface area contributed by atoms with Gasteiger partial charge in [-0.25, -0.2) is 4.39 Å². The van der Waals surface area contributed by atoms with Gasteiger partial charge in [-0.1, -0.05) is 35.3 Å². The molecule has 1 heterocycles.